The molecule has 0 aliphatic carbocycles. The van der Waals surface area contributed by atoms with Crippen molar-refractivity contribution >= 4 is 57.7 Å². The van der Waals surface area contributed by atoms with Gasteiger partial charge in [0.25, 0.3) is 11.8 Å². The van der Waals surface area contributed by atoms with Gasteiger partial charge in [-0.1, -0.05) is 23.2 Å². The zero-order chi connectivity index (χ0) is 25.6. The molecule has 3 aromatic heterocycles. The van der Waals surface area contributed by atoms with E-state index in [2.05, 4.69) is 25.6 Å². The second-order valence-electron chi connectivity index (χ2n) is 8.57. The third-order valence-electron chi connectivity index (χ3n) is 6.09. The van der Waals surface area contributed by atoms with Gasteiger partial charge in [0.1, 0.15) is 5.69 Å². The van der Waals surface area contributed by atoms with Crippen LogP contribution in [0.5, 0.6) is 5.75 Å². The van der Waals surface area contributed by atoms with Gasteiger partial charge >= 0.3 is 0 Å². The number of aromatic nitrogens is 5. The molecule has 36 heavy (non-hydrogen) atoms. The SMILES string of the molecule is Cc1cc2nnc(C(=O)N3CCC(c4nc(C(=O)Nc5cc(Cl)c(O)c(Cl)c5)cs4)CC3)c(C)n2n1. The fraction of sp³-hybridized carbons (Fsp3) is 0.304. The lowest BCUT2D eigenvalue weighted by atomic mass is 9.97. The van der Waals surface area contributed by atoms with Crippen LogP contribution in [0.4, 0.5) is 5.69 Å². The first-order valence-electron chi connectivity index (χ1n) is 11.1. The van der Waals surface area contributed by atoms with E-state index in [1.165, 1.54) is 23.5 Å². The third-order valence-corrected chi connectivity index (χ3v) is 7.67. The predicted molar refractivity (Wildman–Crippen MR) is 136 cm³/mol. The summed E-state index contributed by atoms with van der Waals surface area (Å²) in [6, 6.07) is 4.65. The van der Waals surface area contributed by atoms with Gasteiger partial charge in [0.05, 0.1) is 26.4 Å². The van der Waals surface area contributed by atoms with E-state index < -0.39 is 5.91 Å². The number of likely N-dealkylation sites (tertiary alicyclic amines) is 1. The molecule has 2 N–H and O–H groups in total. The zero-order valence-electron chi connectivity index (χ0n) is 19.3. The Balaban J connectivity index is 1.23. The Morgan fingerprint density at radius 1 is 1.11 bits per heavy atom. The first kappa shape index (κ1) is 24.4. The summed E-state index contributed by atoms with van der Waals surface area (Å²) in [5.74, 6) is -0.668. The average molecular weight is 546 g/mol. The number of hydrogen-bond acceptors (Lipinski definition) is 8. The topological polar surface area (TPSA) is 126 Å². The fourth-order valence-corrected chi connectivity index (χ4v) is 5.63. The molecule has 10 nitrogen and oxygen atoms in total. The van der Waals surface area contributed by atoms with Crippen LogP contribution in [0.25, 0.3) is 5.65 Å². The minimum absolute atomic E-state index is 0.0407. The number of anilines is 1. The number of piperidine rings is 1. The van der Waals surface area contributed by atoms with Crippen LogP contribution in [0.2, 0.25) is 10.0 Å². The Morgan fingerprint density at radius 3 is 2.50 bits per heavy atom. The maximum absolute atomic E-state index is 13.1. The number of phenols is 1. The number of thiazole rings is 1. The van der Waals surface area contributed by atoms with Crippen molar-refractivity contribution in [3.8, 4) is 5.75 Å². The number of nitrogens with one attached hydrogen (secondary N) is 1. The number of phenolic OH excluding ortho intramolecular Hbond substituents is 1. The Labute approximate surface area is 219 Å². The minimum atomic E-state index is -0.402. The van der Waals surface area contributed by atoms with Crippen molar-refractivity contribution in [2.45, 2.75) is 32.6 Å². The lowest BCUT2D eigenvalue weighted by Gasteiger charge is -2.31. The summed E-state index contributed by atoms with van der Waals surface area (Å²) in [6.07, 6.45) is 1.44. The van der Waals surface area contributed by atoms with E-state index in [9.17, 15) is 14.7 Å². The fourth-order valence-electron chi connectivity index (χ4n) is 4.17. The maximum Gasteiger partial charge on any atom is 0.276 e. The number of hydrogen-bond donors (Lipinski definition) is 2. The second kappa shape index (κ2) is 9.64. The summed E-state index contributed by atoms with van der Waals surface area (Å²) in [7, 11) is 0. The number of aromatic hydroxyl groups is 1. The van der Waals surface area contributed by atoms with E-state index in [0.717, 1.165) is 23.5 Å². The second-order valence-corrected chi connectivity index (χ2v) is 10.3. The predicted octanol–water partition coefficient (Wildman–Crippen LogP) is 4.48. The molecule has 0 atom stereocenters. The van der Waals surface area contributed by atoms with Gasteiger partial charge in [-0.3, -0.25) is 9.59 Å². The Morgan fingerprint density at radius 2 is 1.81 bits per heavy atom. The van der Waals surface area contributed by atoms with E-state index in [4.69, 9.17) is 23.2 Å². The smallest absolute Gasteiger partial charge is 0.276 e. The van der Waals surface area contributed by atoms with Crippen molar-refractivity contribution in [3.05, 3.63) is 61.4 Å². The van der Waals surface area contributed by atoms with Gasteiger partial charge < -0.3 is 15.3 Å². The number of rotatable bonds is 4. The molecule has 1 aliphatic heterocycles. The van der Waals surface area contributed by atoms with E-state index in [1.54, 1.807) is 14.8 Å². The summed E-state index contributed by atoms with van der Waals surface area (Å²) >= 11 is 13.3. The molecular formula is C23H21Cl2N7O3S. The third kappa shape index (κ3) is 4.61. The van der Waals surface area contributed by atoms with Crippen molar-refractivity contribution in [3.63, 3.8) is 0 Å². The van der Waals surface area contributed by atoms with Crippen LogP contribution >= 0.6 is 34.5 Å². The van der Waals surface area contributed by atoms with Crippen LogP contribution in [-0.4, -0.2) is 59.7 Å². The zero-order valence-corrected chi connectivity index (χ0v) is 21.7. The van der Waals surface area contributed by atoms with Crippen molar-refractivity contribution in [2.75, 3.05) is 18.4 Å². The first-order chi connectivity index (χ1) is 17.2. The molecule has 0 saturated carbocycles. The molecule has 0 radical (unpaired) electrons. The van der Waals surface area contributed by atoms with Gasteiger partial charge in [0.15, 0.2) is 17.1 Å². The van der Waals surface area contributed by atoms with Crippen LogP contribution in [0.3, 0.4) is 0 Å². The quantitative estimate of drug-likeness (QED) is 0.362. The van der Waals surface area contributed by atoms with Gasteiger partial charge in [-0.15, -0.1) is 21.5 Å². The normalized spacial score (nSPS) is 14.4. The van der Waals surface area contributed by atoms with Crippen molar-refractivity contribution in [1.29, 1.82) is 0 Å². The van der Waals surface area contributed by atoms with E-state index in [1.807, 2.05) is 19.9 Å². The molecule has 0 bridgehead atoms. The van der Waals surface area contributed by atoms with Crippen LogP contribution in [0.15, 0.2) is 23.6 Å². The van der Waals surface area contributed by atoms with Crippen LogP contribution in [-0.2, 0) is 0 Å². The lowest BCUT2D eigenvalue weighted by molar-refractivity contribution is 0.0704. The van der Waals surface area contributed by atoms with Crippen LogP contribution in [0.1, 0.15) is 56.1 Å². The van der Waals surface area contributed by atoms with E-state index in [0.29, 0.717) is 35.8 Å². The molecule has 1 saturated heterocycles. The van der Waals surface area contributed by atoms with Gasteiger partial charge in [-0.25, -0.2) is 9.50 Å². The highest BCUT2D eigenvalue weighted by atomic mass is 35.5. The van der Waals surface area contributed by atoms with Crippen LogP contribution < -0.4 is 5.32 Å². The molecule has 5 rings (SSSR count). The van der Waals surface area contributed by atoms with Crippen LogP contribution in [0, 0.1) is 13.8 Å². The summed E-state index contributed by atoms with van der Waals surface area (Å²) in [5, 5.41) is 27.7. The summed E-state index contributed by atoms with van der Waals surface area (Å²) in [5.41, 5.74) is 3.02. The molecule has 1 aromatic carbocycles. The molecule has 0 spiro atoms. The summed E-state index contributed by atoms with van der Waals surface area (Å²) in [4.78, 5) is 32.1. The van der Waals surface area contributed by atoms with Gasteiger partial charge in [-0.05, 0) is 38.8 Å². The summed E-state index contributed by atoms with van der Waals surface area (Å²) < 4.78 is 1.64. The number of nitrogens with zero attached hydrogens (tertiary/aromatic N) is 6. The van der Waals surface area contributed by atoms with Gasteiger partial charge in [-0.2, -0.15) is 5.10 Å². The molecule has 4 heterocycles. The monoisotopic (exact) mass is 545 g/mol. The average Bonchev–Trinajstić information content (AvgIpc) is 3.50. The standard InChI is InChI=1S/C23H21Cl2N7O3S/c1-11-7-18-28-29-19(12(2)32(18)30-11)23(35)31-5-3-13(4-6-31)22-27-17(10-36-22)21(34)26-14-8-15(24)20(33)16(25)9-14/h7-10,13,33H,3-6H2,1-2H3,(H,26,34). The van der Waals surface area contributed by atoms with Crippen molar-refractivity contribution in [1.82, 2.24) is 29.7 Å². The number of carbonyl (C=O) groups is 2. The van der Waals surface area contributed by atoms with Crippen molar-refractivity contribution < 1.29 is 14.7 Å². The molecule has 13 heteroatoms. The Kier molecular flexibility index (Phi) is 6.54. The Bertz CT molecular complexity index is 1470. The number of carbonyl (C=O) groups excluding carboxylic acids is 2. The Hall–Kier alpha value is -3.28. The van der Waals surface area contributed by atoms with E-state index >= 15 is 0 Å². The number of amides is 2. The maximum atomic E-state index is 13.1. The first-order valence-corrected chi connectivity index (χ1v) is 12.8. The lowest BCUT2D eigenvalue weighted by Crippen LogP contribution is -2.39. The van der Waals surface area contributed by atoms with Gasteiger partial charge in [0, 0.05) is 36.1 Å². The molecule has 4 aromatic rings. The molecule has 186 valence electrons. The highest BCUT2D eigenvalue weighted by Crippen LogP contribution is 2.35. The molecule has 0 unspecified atom stereocenters. The number of aryl methyl sites for hydroxylation is 2. The minimum Gasteiger partial charge on any atom is -0.505 e. The summed E-state index contributed by atoms with van der Waals surface area (Å²) in [6.45, 7) is 4.78. The molecule has 2 amide bonds. The number of fused-ring (bicyclic) bond motifs is 1. The van der Waals surface area contributed by atoms with Crippen molar-refractivity contribution in [2.24, 2.45) is 0 Å². The number of halogens is 2. The number of benzene rings is 1. The highest BCUT2D eigenvalue weighted by molar-refractivity contribution is 7.10. The molecular weight excluding hydrogens is 525 g/mol. The molecule has 1 fully saturated rings. The largest absolute Gasteiger partial charge is 0.505 e. The van der Waals surface area contributed by atoms with Gasteiger partial charge in [0.2, 0.25) is 0 Å². The molecule has 1 aliphatic rings. The highest BCUT2D eigenvalue weighted by Gasteiger charge is 2.29. The van der Waals surface area contributed by atoms with E-state index in [-0.39, 0.29) is 33.3 Å².